The van der Waals surface area contributed by atoms with E-state index in [1.807, 2.05) is 24.4 Å². The lowest BCUT2D eigenvalue weighted by Gasteiger charge is -2.39. The second-order valence-electron chi connectivity index (χ2n) is 7.58. The zero-order chi connectivity index (χ0) is 22.0. The van der Waals surface area contributed by atoms with Gasteiger partial charge in [-0.25, -0.2) is 18.0 Å². The number of nitrogens with one attached hydrogen (secondary N) is 2. The van der Waals surface area contributed by atoms with Crippen LogP contribution in [-0.4, -0.2) is 61.0 Å². The lowest BCUT2D eigenvalue weighted by Crippen LogP contribution is -2.58. The van der Waals surface area contributed by atoms with E-state index in [2.05, 4.69) is 21.3 Å². The fraction of sp³-hybridized carbons (Fsp3) is 0.286. The molecule has 1 fully saturated rings. The number of benzene rings is 2. The molecular weight excluding hydrogens is 438 g/mol. The normalized spacial score (nSPS) is 18.3. The number of H-pyrrole nitrogens is 1. The Balaban J connectivity index is 1.47. The van der Waals surface area contributed by atoms with Crippen molar-refractivity contribution >= 4 is 38.6 Å². The molecular formula is C21H24ClN5O3S. The predicted molar refractivity (Wildman–Crippen MR) is 120 cm³/mol. The zero-order valence-electron chi connectivity index (χ0n) is 16.8. The maximum Gasteiger partial charge on any atom is 0.252 e. The third-order valence-corrected chi connectivity index (χ3v) is 6.73. The zero-order valence-corrected chi connectivity index (χ0v) is 18.4. The summed E-state index contributed by atoms with van der Waals surface area (Å²) in [6.45, 7) is 2.58. The highest BCUT2D eigenvalue weighted by molar-refractivity contribution is 7.89. The lowest BCUT2D eigenvalue weighted by molar-refractivity contribution is 0.0709. The van der Waals surface area contributed by atoms with Gasteiger partial charge in [0.25, 0.3) is 5.91 Å². The van der Waals surface area contributed by atoms with Gasteiger partial charge in [0.2, 0.25) is 10.0 Å². The number of aromatic nitrogens is 1. The average molecular weight is 462 g/mol. The molecule has 3 aromatic rings. The quantitative estimate of drug-likeness (QED) is 0.485. The molecule has 1 unspecified atom stereocenters. The second-order valence-corrected chi connectivity index (χ2v) is 9.62. The maximum absolute atomic E-state index is 12.8. The van der Waals surface area contributed by atoms with Crippen LogP contribution in [0.4, 0.5) is 0 Å². The highest BCUT2D eigenvalue weighted by Gasteiger charge is 2.28. The van der Waals surface area contributed by atoms with Crippen molar-refractivity contribution in [2.45, 2.75) is 17.5 Å². The Morgan fingerprint density at radius 3 is 2.81 bits per heavy atom. The Labute approximate surface area is 186 Å². The Hall–Kier alpha value is -2.43. The number of nitrogens with zero attached hydrogens (tertiary/aromatic N) is 2. The molecule has 1 aromatic heterocycles. The first-order chi connectivity index (χ1) is 14.8. The van der Waals surface area contributed by atoms with Gasteiger partial charge in [-0.3, -0.25) is 9.69 Å². The van der Waals surface area contributed by atoms with Gasteiger partial charge >= 0.3 is 0 Å². The minimum Gasteiger partial charge on any atom is -0.361 e. The van der Waals surface area contributed by atoms with Crippen LogP contribution >= 0.6 is 11.8 Å². The molecule has 2 aromatic carbocycles. The van der Waals surface area contributed by atoms with Gasteiger partial charge in [0.15, 0.2) is 0 Å². The van der Waals surface area contributed by atoms with Gasteiger partial charge in [-0.15, -0.1) is 0 Å². The minimum atomic E-state index is -3.89. The highest BCUT2D eigenvalue weighted by atomic mass is 35.5. The number of carbonyl (C=O) groups excluding carboxylic acids is 1. The molecule has 0 saturated carbocycles. The monoisotopic (exact) mass is 461 g/mol. The van der Waals surface area contributed by atoms with Gasteiger partial charge in [-0.1, -0.05) is 24.3 Å². The van der Waals surface area contributed by atoms with Crippen molar-refractivity contribution < 1.29 is 13.2 Å². The third kappa shape index (κ3) is 5.08. The number of hydrogen-bond donors (Lipinski definition) is 3. The fourth-order valence-electron chi connectivity index (χ4n) is 3.84. The number of hydrogen-bond acceptors (Lipinski definition) is 5. The number of piperazine rings is 1. The molecule has 1 atom stereocenters. The topological polar surface area (TPSA) is 112 Å². The summed E-state index contributed by atoms with van der Waals surface area (Å²) in [4.78, 5) is 18.2. The summed E-state index contributed by atoms with van der Waals surface area (Å²) in [6.07, 6.45) is 2.54. The van der Waals surface area contributed by atoms with Gasteiger partial charge < -0.3 is 10.3 Å². The number of sulfonamides is 1. The molecule has 0 radical (unpaired) electrons. The van der Waals surface area contributed by atoms with Gasteiger partial charge in [0, 0.05) is 48.8 Å². The van der Waals surface area contributed by atoms with Crippen LogP contribution in [0.15, 0.2) is 59.6 Å². The molecule has 1 aliphatic heterocycles. The molecule has 10 heteroatoms. The molecule has 2 heterocycles. The van der Waals surface area contributed by atoms with E-state index < -0.39 is 10.0 Å². The van der Waals surface area contributed by atoms with E-state index in [1.54, 1.807) is 10.5 Å². The average Bonchev–Trinajstić information content (AvgIpc) is 3.16. The summed E-state index contributed by atoms with van der Waals surface area (Å²) in [6, 6.07) is 13.9. The number of nitrogens with two attached hydrogens (primary N) is 1. The van der Waals surface area contributed by atoms with Crippen molar-refractivity contribution in [1.29, 1.82) is 0 Å². The first-order valence-electron chi connectivity index (χ1n) is 9.95. The number of amides is 1. The van der Waals surface area contributed by atoms with E-state index in [0.717, 1.165) is 18.5 Å². The van der Waals surface area contributed by atoms with Crippen LogP contribution in [0.1, 0.15) is 15.9 Å². The number of carbonyl (C=O) groups is 1. The van der Waals surface area contributed by atoms with Crippen molar-refractivity contribution in [3.05, 3.63) is 65.9 Å². The number of aromatic amines is 1. The van der Waals surface area contributed by atoms with E-state index in [1.165, 1.54) is 29.1 Å². The molecule has 31 heavy (non-hydrogen) atoms. The molecule has 1 aliphatic rings. The third-order valence-electron chi connectivity index (χ3n) is 5.51. The van der Waals surface area contributed by atoms with Gasteiger partial charge in [0.05, 0.1) is 11.1 Å². The van der Waals surface area contributed by atoms with E-state index in [-0.39, 0.29) is 22.5 Å². The predicted octanol–water partition coefficient (Wildman–Crippen LogP) is 1.89. The number of para-hydroxylation sites is 1. The summed E-state index contributed by atoms with van der Waals surface area (Å²) in [5.74, 6) is -0.375. The summed E-state index contributed by atoms with van der Waals surface area (Å²) < 4.78 is 24.8. The Morgan fingerprint density at radius 1 is 1.19 bits per heavy atom. The van der Waals surface area contributed by atoms with Crippen molar-refractivity contribution in [2.24, 2.45) is 5.14 Å². The van der Waals surface area contributed by atoms with Crippen LogP contribution in [0, 0.1) is 0 Å². The Bertz CT molecular complexity index is 1200. The Morgan fingerprint density at radius 2 is 2.00 bits per heavy atom. The molecule has 4 rings (SSSR count). The van der Waals surface area contributed by atoms with Crippen LogP contribution in [0.25, 0.3) is 10.9 Å². The van der Waals surface area contributed by atoms with Crippen LogP contribution in [0.5, 0.6) is 0 Å². The standard InChI is InChI=1S/C21H24ClN5O3S/c22-27-11-10-26(9-8-16-13-24-19-7-2-1-6-18(16)19)20(14-27)25-21(28)15-4-3-5-17(12-15)31(23,29)30/h1-7,12-13,20,24H,8-11,14H2,(H,25,28)(H2,23,29,30). The number of fused-ring (bicyclic) bond motifs is 1. The first-order valence-corrected chi connectivity index (χ1v) is 11.8. The van der Waals surface area contributed by atoms with Crippen molar-refractivity contribution in [1.82, 2.24) is 19.6 Å². The molecule has 1 amide bonds. The fourth-order valence-corrected chi connectivity index (χ4v) is 4.61. The smallest absolute Gasteiger partial charge is 0.252 e. The highest BCUT2D eigenvalue weighted by Crippen LogP contribution is 2.20. The van der Waals surface area contributed by atoms with Crippen LogP contribution in [0.2, 0.25) is 0 Å². The largest absolute Gasteiger partial charge is 0.361 e. The van der Waals surface area contributed by atoms with E-state index in [9.17, 15) is 13.2 Å². The lowest BCUT2D eigenvalue weighted by atomic mass is 10.1. The maximum atomic E-state index is 12.8. The Kier molecular flexibility index (Phi) is 6.31. The summed E-state index contributed by atoms with van der Waals surface area (Å²) in [7, 11) is -3.89. The SMILES string of the molecule is NS(=O)(=O)c1cccc(C(=O)NC2CN(Cl)CCN2CCc2c[nH]c3ccccc23)c1. The molecule has 164 valence electrons. The molecule has 0 aliphatic carbocycles. The minimum absolute atomic E-state index is 0.0982. The van der Waals surface area contributed by atoms with Gasteiger partial charge in [-0.2, -0.15) is 0 Å². The number of primary sulfonamides is 1. The van der Waals surface area contributed by atoms with Crippen molar-refractivity contribution in [2.75, 3.05) is 26.2 Å². The molecule has 1 saturated heterocycles. The van der Waals surface area contributed by atoms with Gasteiger partial charge in [0.1, 0.15) is 0 Å². The molecule has 0 spiro atoms. The second kappa shape index (κ2) is 8.97. The summed E-state index contributed by atoms with van der Waals surface area (Å²) in [5, 5.41) is 9.35. The van der Waals surface area contributed by atoms with Gasteiger partial charge in [-0.05, 0) is 48.0 Å². The van der Waals surface area contributed by atoms with E-state index >= 15 is 0 Å². The summed E-state index contributed by atoms with van der Waals surface area (Å²) in [5.41, 5.74) is 2.55. The van der Waals surface area contributed by atoms with Crippen molar-refractivity contribution in [3.63, 3.8) is 0 Å². The first kappa shape index (κ1) is 21.8. The van der Waals surface area contributed by atoms with Crippen LogP contribution < -0.4 is 10.5 Å². The van der Waals surface area contributed by atoms with Crippen LogP contribution in [-0.2, 0) is 16.4 Å². The van der Waals surface area contributed by atoms with Crippen LogP contribution in [0.3, 0.4) is 0 Å². The molecule has 4 N–H and O–H groups in total. The summed E-state index contributed by atoms with van der Waals surface area (Å²) >= 11 is 6.22. The van der Waals surface area contributed by atoms with E-state index in [0.29, 0.717) is 19.6 Å². The molecule has 8 nitrogen and oxygen atoms in total. The number of halogens is 1. The number of rotatable bonds is 6. The molecule has 0 bridgehead atoms. The van der Waals surface area contributed by atoms with E-state index in [4.69, 9.17) is 16.9 Å². The van der Waals surface area contributed by atoms with Crippen molar-refractivity contribution in [3.8, 4) is 0 Å².